The van der Waals surface area contributed by atoms with E-state index in [1.165, 1.54) is 32.1 Å². The number of nitrogens with one attached hydrogen (secondary N) is 1. The van der Waals surface area contributed by atoms with E-state index < -0.39 is 0 Å². The predicted octanol–water partition coefficient (Wildman–Crippen LogP) is 2.84. The van der Waals surface area contributed by atoms with Crippen molar-refractivity contribution < 1.29 is 4.79 Å². The molecule has 1 aromatic carbocycles. The van der Waals surface area contributed by atoms with E-state index in [1.807, 2.05) is 0 Å². The normalized spacial score (nSPS) is 20.1. The maximum atomic E-state index is 12.1. The molecular formula is C20H28N4O. The molecule has 5 nitrogen and oxygen atoms in total. The molecule has 1 aliphatic carbocycles. The summed E-state index contributed by atoms with van der Waals surface area (Å²) in [6, 6.07) is 9.88. The number of carbonyl (C=O) groups is 1. The second-order valence-electron chi connectivity index (χ2n) is 7.16. The molecule has 1 saturated carbocycles. The van der Waals surface area contributed by atoms with Gasteiger partial charge in [-0.05, 0) is 37.1 Å². The van der Waals surface area contributed by atoms with Gasteiger partial charge in [-0.2, -0.15) is 5.26 Å². The maximum absolute atomic E-state index is 12.1. The largest absolute Gasteiger partial charge is 0.326 e. The molecule has 2 aliphatic rings. The van der Waals surface area contributed by atoms with Crippen LogP contribution < -0.4 is 5.32 Å². The van der Waals surface area contributed by atoms with E-state index >= 15 is 0 Å². The van der Waals surface area contributed by atoms with Gasteiger partial charge in [0.2, 0.25) is 5.91 Å². The summed E-state index contributed by atoms with van der Waals surface area (Å²) in [5, 5.41) is 11.7. The summed E-state index contributed by atoms with van der Waals surface area (Å²) >= 11 is 0. The fourth-order valence-corrected chi connectivity index (χ4v) is 3.91. The number of benzene rings is 1. The van der Waals surface area contributed by atoms with Gasteiger partial charge in [0.1, 0.15) is 0 Å². The average Bonchev–Trinajstić information content (AvgIpc) is 2.68. The Morgan fingerprint density at radius 1 is 1.08 bits per heavy atom. The second-order valence-corrected chi connectivity index (χ2v) is 7.16. The highest BCUT2D eigenvalue weighted by atomic mass is 16.1. The molecule has 134 valence electrons. The summed E-state index contributed by atoms with van der Waals surface area (Å²) in [4.78, 5) is 17.2. The molecule has 1 amide bonds. The van der Waals surface area contributed by atoms with Crippen LogP contribution in [-0.2, 0) is 4.79 Å². The van der Waals surface area contributed by atoms with E-state index in [0.29, 0.717) is 12.0 Å². The molecule has 1 aromatic rings. The number of anilines is 1. The topological polar surface area (TPSA) is 59.4 Å². The Kier molecular flexibility index (Phi) is 6.43. The molecule has 0 bridgehead atoms. The van der Waals surface area contributed by atoms with E-state index in [4.69, 9.17) is 5.26 Å². The standard InChI is InChI=1S/C20H28N4O/c21-16-17-6-8-18(9-7-17)22-20(25)10-11-23-12-14-24(15-13-23)19-4-2-1-3-5-19/h6-9,19H,1-5,10-15H2,(H,22,25). The Balaban J connectivity index is 1.36. The molecule has 1 aliphatic heterocycles. The van der Waals surface area contributed by atoms with Gasteiger partial charge >= 0.3 is 0 Å². The van der Waals surface area contributed by atoms with Crippen LogP contribution in [0.15, 0.2) is 24.3 Å². The zero-order valence-electron chi connectivity index (χ0n) is 14.9. The van der Waals surface area contributed by atoms with Crippen molar-refractivity contribution in [3.63, 3.8) is 0 Å². The van der Waals surface area contributed by atoms with Crippen LogP contribution in [0.25, 0.3) is 0 Å². The first-order valence-corrected chi connectivity index (χ1v) is 9.51. The van der Waals surface area contributed by atoms with Crippen molar-refractivity contribution in [3.05, 3.63) is 29.8 Å². The van der Waals surface area contributed by atoms with E-state index in [1.54, 1.807) is 24.3 Å². The first-order valence-electron chi connectivity index (χ1n) is 9.51. The minimum Gasteiger partial charge on any atom is -0.326 e. The highest BCUT2D eigenvalue weighted by Crippen LogP contribution is 2.23. The van der Waals surface area contributed by atoms with Crippen LogP contribution in [0.5, 0.6) is 0 Å². The summed E-state index contributed by atoms with van der Waals surface area (Å²) in [6.07, 6.45) is 7.44. The quantitative estimate of drug-likeness (QED) is 0.895. The van der Waals surface area contributed by atoms with Crippen LogP contribution in [0.4, 0.5) is 5.69 Å². The number of nitrogens with zero attached hydrogens (tertiary/aromatic N) is 3. The highest BCUT2D eigenvalue weighted by Gasteiger charge is 2.25. The Hall–Kier alpha value is -1.90. The van der Waals surface area contributed by atoms with E-state index in [0.717, 1.165) is 44.5 Å². The molecular weight excluding hydrogens is 312 g/mol. The summed E-state index contributed by atoms with van der Waals surface area (Å²) in [7, 11) is 0. The molecule has 0 atom stereocenters. The molecule has 5 heteroatoms. The van der Waals surface area contributed by atoms with E-state index in [9.17, 15) is 4.79 Å². The zero-order chi connectivity index (χ0) is 17.5. The first-order chi connectivity index (χ1) is 12.2. The smallest absolute Gasteiger partial charge is 0.225 e. The Bertz CT molecular complexity index is 593. The van der Waals surface area contributed by atoms with Gasteiger partial charge in [-0.15, -0.1) is 0 Å². The van der Waals surface area contributed by atoms with Crippen molar-refractivity contribution in [2.24, 2.45) is 0 Å². The van der Waals surface area contributed by atoms with Gasteiger partial charge in [-0.1, -0.05) is 19.3 Å². The Labute approximate surface area is 150 Å². The first kappa shape index (κ1) is 17.9. The lowest BCUT2D eigenvalue weighted by molar-refractivity contribution is -0.116. The number of hydrogen-bond acceptors (Lipinski definition) is 4. The molecule has 0 radical (unpaired) electrons. The van der Waals surface area contributed by atoms with Crippen molar-refractivity contribution in [3.8, 4) is 6.07 Å². The Morgan fingerprint density at radius 3 is 2.40 bits per heavy atom. The molecule has 0 unspecified atom stereocenters. The number of amides is 1. The Morgan fingerprint density at radius 2 is 1.76 bits per heavy atom. The number of hydrogen-bond donors (Lipinski definition) is 1. The molecule has 3 rings (SSSR count). The van der Waals surface area contributed by atoms with Gasteiger partial charge in [0.25, 0.3) is 0 Å². The number of piperazine rings is 1. The third-order valence-corrected chi connectivity index (χ3v) is 5.45. The van der Waals surface area contributed by atoms with Crippen molar-refractivity contribution in [2.45, 2.75) is 44.6 Å². The molecule has 2 fully saturated rings. The molecule has 25 heavy (non-hydrogen) atoms. The number of carbonyl (C=O) groups excluding carboxylic acids is 1. The third kappa shape index (κ3) is 5.29. The average molecular weight is 340 g/mol. The second kappa shape index (κ2) is 8.98. The predicted molar refractivity (Wildman–Crippen MR) is 99.3 cm³/mol. The van der Waals surface area contributed by atoms with Crippen LogP contribution in [-0.4, -0.2) is 54.5 Å². The van der Waals surface area contributed by atoms with Gasteiger partial charge in [0, 0.05) is 50.9 Å². The van der Waals surface area contributed by atoms with Crippen LogP contribution in [0.1, 0.15) is 44.1 Å². The van der Waals surface area contributed by atoms with Crippen molar-refractivity contribution in [2.75, 3.05) is 38.0 Å². The van der Waals surface area contributed by atoms with Gasteiger partial charge < -0.3 is 10.2 Å². The lowest BCUT2D eigenvalue weighted by atomic mass is 9.94. The highest BCUT2D eigenvalue weighted by molar-refractivity contribution is 5.90. The fraction of sp³-hybridized carbons (Fsp3) is 0.600. The van der Waals surface area contributed by atoms with E-state index in [2.05, 4.69) is 21.2 Å². The van der Waals surface area contributed by atoms with Crippen LogP contribution in [0.2, 0.25) is 0 Å². The van der Waals surface area contributed by atoms with Gasteiger partial charge in [0.05, 0.1) is 11.6 Å². The van der Waals surface area contributed by atoms with Crippen molar-refractivity contribution in [1.29, 1.82) is 5.26 Å². The van der Waals surface area contributed by atoms with Crippen molar-refractivity contribution >= 4 is 11.6 Å². The van der Waals surface area contributed by atoms with Crippen LogP contribution >= 0.6 is 0 Å². The lowest BCUT2D eigenvalue weighted by Gasteiger charge is -2.40. The minimum absolute atomic E-state index is 0.0411. The number of rotatable bonds is 5. The van der Waals surface area contributed by atoms with Gasteiger partial charge in [-0.3, -0.25) is 9.69 Å². The monoisotopic (exact) mass is 340 g/mol. The molecule has 0 aromatic heterocycles. The summed E-state index contributed by atoms with van der Waals surface area (Å²) < 4.78 is 0. The lowest BCUT2D eigenvalue weighted by Crippen LogP contribution is -2.51. The minimum atomic E-state index is 0.0411. The summed E-state index contributed by atoms with van der Waals surface area (Å²) in [5.41, 5.74) is 1.36. The fourth-order valence-electron chi connectivity index (χ4n) is 3.91. The summed E-state index contributed by atoms with van der Waals surface area (Å²) in [5.74, 6) is 0.0411. The van der Waals surface area contributed by atoms with Crippen molar-refractivity contribution in [1.82, 2.24) is 9.80 Å². The van der Waals surface area contributed by atoms with Gasteiger partial charge in [-0.25, -0.2) is 0 Å². The van der Waals surface area contributed by atoms with Gasteiger partial charge in [0.15, 0.2) is 0 Å². The molecule has 1 saturated heterocycles. The molecule has 1 heterocycles. The molecule has 1 N–H and O–H groups in total. The maximum Gasteiger partial charge on any atom is 0.225 e. The van der Waals surface area contributed by atoms with Crippen LogP contribution in [0, 0.1) is 11.3 Å². The van der Waals surface area contributed by atoms with Crippen LogP contribution in [0.3, 0.4) is 0 Å². The summed E-state index contributed by atoms with van der Waals surface area (Å²) in [6.45, 7) is 5.24. The third-order valence-electron chi connectivity index (χ3n) is 5.45. The van der Waals surface area contributed by atoms with E-state index in [-0.39, 0.29) is 5.91 Å². The number of nitriles is 1. The zero-order valence-corrected chi connectivity index (χ0v) is 14.9. The molecule has 0 spiro atoms. The SMILES string of the molecule is N#Cc1ccc(NC(=O)CCN2CCN(C3CCCCC3)CC2)cc1.